The molecule has 1 aromatic heterocycles. The van der Waals surface area contributed by atoms with Crippen molar-refractivity contribution in [2.24, 2.45) is 0 Å². The first-order valence-corrected chi connectivity index (χ1v) is 8.11. The number of hydrogen-bond donors (Lipinski definition) is 0. The maximum Gasteiger partial charge on any atom is 0.274 e. The molecule has 0 unspecified atom stereocenters. The van der Waals surface area contributed by atoms with Gasteiger partial charge in [0.2, 0.25) is 0 Å². The Morgan fingerprint density at radius 2 is 1.95 bits per heavy atom. The van der Waals surface area contributed by atoms with Crippen LogP contribution in [0.15, 0.2) is 36.4 Å². The van der Waals surface area contributed by atoms with Gasteiger partial charge in [-0.3, -0.25) is 0 Å². The smallest absolute Gasteiger partial charge is 0.274 e. The summed E-state index contributed by atoms with van der Waals surface area (Å²) in [5.41, 5.74) is 1.04. The maximum absolute atomic E-state index is 5.79. The Bertz CT molecular complexity index is 704. The number of unbranched alkanes of at least 4 members (excludes halogenated alkanes) is 3. The van der Waals surface area contributed by atoms with Crippen LogP contribution in [0.3, 0.4) is 0 Å². The van der Waals surface area contributed by atoms with Crippen LogP contribution < -0.4 is 4.74 Å². The molecule has 20 heavy (non-hydrogen) atoms. The predicted molar refractivity (Wildman–Crippen MR) is 86.8 cm³/mol. The lowest BCUT2D eigenvalue weighted by Crippen LogP contribution is -1.96. The number of ether oxygens (including phenoxy) is 1. The van der Waals surface area contributed by atoms with E-state index in [-0.39, 0.29) is 0 Å². The van der Waals surface area contributed by atoms with E-state index in [0.717, 1.165) is 23.7 Å². The molecule has 0 radical (unpaired) electrons. The van der Waals surface area contributed by atoms with E-state index in [1.807, 2.05) is 0 Å². The minimum Gasteiger partial charge on any atom is -0.470 e. The predicted octanol–water partition coefficient (Wildman–Crippen LogP) is 5.41. The molecule has 3 heteroatoms. The lowest BCUT2D eigenvalue weighted by atomic mass is 10.1. The van der Waals surface area contributed by atoms with Gasteiger partial charge in [0.25, 0.3) is 5.19 Å². The molecule has 0 saturated carbocycles. The minimum atomic E-state index is 0.776. The molecule has 0 atom stereocenters. The number of aromatic nitrogens is 1. The number of benzene rings is 2. The first kappa shape index (κ1) is 13.4. The Morgan fingerprint density at radius 3 is 2.85 bits per heavy atom. The van der Waals surface area contributed by atoms with Crippen molar-refractivity contribution in [3.8, 4) is 5.19 Å². The number of nitrogens with zero attached hydrogens (tertiary/aromatic N) is 1. The van der Waals surface area contributed by atoms with Gasteiger partial charge in [-0.05, 0) is 17.9 Å². The van der Waals surface area contributed by atoms with E-state index in [4.69, 9.17) is 4.74 Å². The summed E-state index contributed by atoms with van der Waals surface area (Å²) in [6, 6.07) is 12.6. The van der Waals surface area contributed by atoms with Crippen LogP contribution in [0, 0.1) is 0 Å². The third-order valence-corrected chi connectivity index (χ3v) is 4.50. The summed E-state index contributed by atoms with van der Waals surface area (Å²) in [5.74, 6) is 0. The van der Waals surface area contributed by atoms with Gasteiger partial charge < -0.3 is 4.74 Å². The van der Waals surface area contributed by atoms with E-state index in [2.05, 4.69) is 48.3 Å². The molecule has 2 aromatic carbocycles. The third kappa shape index (κ3) is 2.78. The highest BCUT2D eigenvalue weighted by atomic mass is 32.1. The second-order valence-corrected chi connectivity index (χ2v) is 5.99. The van der Waals surface area contributed by atoms with Crippen molar-refractivity contribution in [3.05, 3.63) is 36.4 Å². The summed E-state index contributed by atoms with van der Waals surface area (Å²) in [7, 11) is 0. The van der Waals surface area contributed by atoms with E-state index in [1.165, 1.54) is 34.7 Å². The van der Waals surface area contributed by atoms with E-state index < -0.39 is 0 Å². The van der Waals surface area contributed by atoms with Crippen molar-refractivity contribution in [3.63, 3.8) is 0 Å². The fourth-order valence-electron chi connectivity index (χ4n) is 2.39. The highest BCUT2D eigenvalue weighted by molar-refractivity contribution is 7.21. The van der Waals surface area contributed by atoms with Gasteiger partial charge in [0.15, 0.2) is 0 Å². The summed E-state index contributed by atoms with van der Waals surface area (Å²) in [5, 5.41) is 3.33. The van der Waals surface area contributed by atoms with Crippen LogP contribution in [-0.4, -0.2) is 11.6 Å². The molecule has 104 valence electrons. The Labute approximate surface area is 123 Å². The van der Waals surface area contributed by atoms with Crippen LogP contribution >= 0.6 is 11.3 Å². The molecule has 0 aliphatic carbocycles. The van der Waals surface area contributed by atoms with Crippen molar-refractivity contribution in [1.82, 2.24) is 4.98 Å². The molecule has 0 saturated heterocycles. The SMILES string of the molecule is CCCCCCOc1nc2ccc3ccccc3c2s1. The lowest BCUT2D eigenvalue weighted by Gasteiger charge is -2.00. The molecule has 0 spiro atoms. The standard InChI is InChI=1S/C17H19NOS/c1-2-3-4-7-12-19-17-18-15-11-10-13-8-5-6-9-14(13)16(15)20-17/h5-6,8-11H,2-4,7,12H2,1H3. The molecule has 0 aliphatic heterocycles. The average Bonchev–Trinajstić information content (AvgIpc) is 2.90. The van der Waals surface area contributed by atoms with Crippen molar-refractivity contribution < 1.29 is 4.74 Å². The van der Waals surface area contributed by atoms with Crippen LogP contribution in [0.4, 0.5) is 0 Å². The van der Waals surface area contributed by atoms with Gasteiger partial charge in [0.05, 0.1) is 16.8 Å². The molecule has 0 N–H and O–H groups in total. The summed E-state index contributed by atoms with van der Waals surface area (Å²) < 4.78 is 7.02. The highest BCUT2D eigenvalue weighted by Crippen LogP contribution is 2.33. The van der Waals surface area contributed by atoms with Gasteiger partial charge in [-0.2, -0.15) is 0 Å². The summed E-state index contributed by atoms with van der Waals surface area (Å²) in [6.45, 7) is 3.00. The summed E-state index contributed by atoms with van der Waals surface area (Å²) >= 11 is 1.66. The maximum atomic E-state index is 5.79. The largest absolute Gasteiger partial charge is 0.470 e. The Hall–Kier alpha value is -1.61. The zero-order chi connectivity index (χ0) is 13.8. The fourth-order valence-corrected chi connectivity index (χ4v) is 3.36. The zero-order valence-corrected chi connectivity index (χ0v) is 12.6. The first-order chi connectivity index (χ1) is 9.88. The van der Waals surface area contributed by atoms with E-state index in [1.54, 1.807) is 11.3 Å². The second-order valence-electron chi connectivity index (χ2n) is 5.02. The van der Waals surface area contributed by atoms with Gasteiger partial charge in [-0.15, -0.1) is 0 Å². The normalized spacial score (nSPS) is 11.2. The molecular formula is C17H19NOS. The topological polar surface area (TPSA) is 22.1 Å². The molecular weight excluding hydrogens is 266 g/mol. The Balaban J connectivity index is 1.78. The lowest BCUT2D eigenvalue weighted by molar-refractivity contribution is 0.304. The molecule has 2 nitrogen and oxygen atoms in total. The second kappa shape index (κ2) is 6.23. The van der Waals surface area contributed by atoms with Crippen LogP contribution in [0.25, 0.3) is 21.0 Å². The highest BCUT2D eigenvalue weighted by Gasteiger charge is 2.07. The van der Waals surface area contributed by atoms with E-state index in [0.29, 0.717) is 0 Å². The third-order valence-electron chi connectivity index (χ3n) is 3.48. The molecule has 0 bridgehead atoms. The molecule has 1 heterocycles. The van der Waals surface area contributed by atoms with Gasteiger partial charge in [0, 0.05) is 5.39 Å². The van der Waals surface area contributed by atoms with Gasteiger partial charge >= 0.3 is 0 Å². The first-order valence-electron chi connectivity index (χ1n) is 7.29. The quantitative estimate of drug-likeness (QED) is 0.565. The van der Waals surface area contributed by atoms with E-state index >= 15 is 0 Å². The van der Waals surface area contributed by atoms with Gasteiger partial charge in [0.1, 0.15) is 0 Å². The number of rotatable bonds is 6. The molecule has 3 aromatic rings. The summed E-state index contributed by atoms with van der Waals surface area (Å²) in [4.78, 5) is 4.58. The number of fused-ring (bicyclic) bond motifs is 3. The molecule has 0 amide bonds. The molecule has 0 fully saturated rings. The average molecular weight is 285 g/mol. The van der Waals surface area contributed by atoms with Gasteiger partial charge in [-0.25, -0.2) is 4.98 Å². The van der Waals surface area contributed by atoms with Crippen LogP contribution in [0.5, 0.6) is 5.19 Å². The number of thiazole rings is 1. The van der Waals surface area contributed by atoms with Crippen molar-refractivity contribution in [2.45, 2.75) is 32.6 Å². The van der Waals surface area contributed by atoms with Crippen molar-refractivity contribution in [2.75, 3.05) is 6.61 Å². The van der Waals surface area contributed by atoms with Crippen LogP contribution in [-0.2, 0) is 0 Å². The van der Waals surface area contributed by atoms with Crippen LogP contribution in [0.1, 0.15) is 32.6 Å². The summed E-state index contributed by atoms with van der Waals surface area (Å²) in [6.07, 6.45) is 4.90. The Kier molecular flexibility index (Phi) is 4.16. The minimum absolute atomic E-state index is 0.776. The fraction of sp³-hybridized carbons (Fsp3) is 0.353. The zero-order valence-electron chi connectivity index (χ0n) is 11.8. The monoisotopic (exact) mass is 285 g/mol. The molecule has 0 aliphatic rings. The van der Waals surface area contributed by atoms with Gasteiger partial charge in [-0.1, -0.05) is 67.9 Å². The Morgan fingerprint density at radius 1 is 1.05 bits per heavy atom. The van der Waals surface area contributed by atoms with Crippen molar-refractivity contribution >= 4 is 32.3 Å². The van der Waals surface area contributed by atoms with Crippen molar-refractivity contribution in [1.29, 1.82) is 0 Å². The van der Waals surface area contributed by atoms with E-state index in [9.17, 15) is 0 Å². The molecule has 3 rings (SSSR count). The number of hydrogen-bond acceptors (Lipinski definition) is 3. The van der Waals surface area contributed by atoms with Crippen LogP contribution in [0.2, 0.25) is 0 Å².